The number of hydrogen-bond acceptors (Lipinski definition) is 4. The predicted molar refractivity (Wildman–Crippen MR) is 69.0 cm³/mol. The first-order chi connectivity index (χ1) is 8.85. The van der Waals surface area contributed by atoms with Crippen LogP contribution in [0.2, 0.25) is 0 Å². The second-order valence-electron chi connectivity index (χ2n) is 4.29. The Kier molecular flexibility index (Phi) is 4.46. The molecule has 0 aliphatic carbocycles. The second kappa shape index (κ2) is 6.30. The van der Waals surface area contributed by atoms with Gasteiger partial charge in [-0.3, -0.25) is 9.78 Å². The summed E-state index contributed by atoms with van der Waals surface area (Å²) in [5, 5.41) is 14.7. The Balaban J connectivity index is 2.16. The third-order valence-electron chi connectivity index (χ3n) is 2.74. The zero-order valence-electron chi connectivity index (χ0n) is 10.9. The van der Waals surface area contributed by atoms with E-state index in [4.69, 9.17) is 0 Å². The average molecular weight is 248 g/mol. The molecule has 1 atom stereocenters. The molecule has 98 valence electrons. The van der Waals surface area contributed by atoms with Gasteiger partial charge in [0.1, 0.15) is 12.2 Å². The fourth-order valence-electron chi connectivity index (χ4n) is 1.90. The predicted octanol–water partition coefficient (Wildman–Crippen LogP) is 1.50. The lowest BCUT2D eigenvalue weighted by Gasteiger charge is -2.13. The number of rotatable bonds is 7. The number of aryl methyl sites for hydroxylation is 1. The van der Waals surface area contributed by atoms with Gasteiger partial charge in [0.05, 0.1) is 12.2 Å². The lowest BCUT2D eigenvalue weighted by Crippen LogP contribution is -2.24. The van der Waals surface area contributed by atoms with E-state index in [1.165, 1.54) is 6.33 Å². The van der Waals surface area contributed by atoms with Gasteiger partial charge >= 0.3 is 0 Å². The van der Waals surface area contributed by atoms with Gasteiger partial charge in [0.25, 0.3) is 0 Å². The third kappa shape index (κ3) is 2.95. The largest absolute Gasteiger partial charge is 0.304 e. The molecular weight excluding hydrogens is 228 g/mol. The maximum atomic E-state index is 4.36. The summed E-state index contributed by atoms with van der Waals surface area (Å²) < 4.78 is 1.96. The smallest absolute Gasteiger partial charge is 0.146 e. The minimum Gasteiger partial charge on any atom is -0.304 e. The molecule has 0 saturated heterocycles. The van der Waals surface area contributed by atoms with Crippen molar-refractivity contribution >= 4 is 0 Å². The monoisotopic (exact) mass is 248 g/mol. The summed E-state index contributed by atoms with van der Waals surface area (Å²) in [6.45, 7) is 6.16. The molecule has 0 aliphatic rings. The van der Waals surface area contributed by atoms with Crippen molar-refractivity contribution in [1.82, 2.24) is 30.3 Å². The van der Waals surface area contributed by atoms with Gasteiger partial charge < -0.3 is 5.32 Å². The van der Waals surface area contributed by atoms with Gasteiger partial charge in [-0.2, -0.15) is 10.2 Å². The van der Waals surface area contributed by atoms with Crippen molar-refractivity contribution in [2.75, 3.05) is 6.54 Å². The van der Waals surface area contributed by atoms with Crippen LogP contribution in [0, 0.1) is 0 Å². The van der Waals surface area contributed by atoms with Crippen LogP contribution in [-0.4, -0.2) is 31.5 Å². The fourth-order valence-corrected chi connectivity index (χ4v) is 1.90. The first-order valence-electron chi connectivity index (χ1n) is 6.46. The molecule has 0 saturated carbocycles. The molecule has 0 fully saturated rings. The highest BCUT2D eigenvalue weighted by atomic mass is 15.3. The maximum Gasteiger partial charge on any atom is 0.146 e. The lowest BCUT2D eigenvalue weighted by atomic mass is 10.1. The van der Waals surface area contributed by atoms with Gasteiger partial charge in [-0.05, 0) is 19.4 Å². The van der Waals surface area contributed by atoms with Crippen LogP contribution < -0.4 is 5.32 Å². The Bertz CT molecular complexity index is 447. The summed E-state index contributed by atoms with van der Waals surface area (Å²) in [5.41, 5.74) is 1.12. The minimum absolute atomic E-state index is 0.0399. The molecule has 2 rings (SSSR count). The molecule has 6 nitrogen and oxygen atoms in total. The van der Waals surface area contributed by atoms with E-state index in [2.05, 4.69) is 45.6 Å². The van der Waals surface area contributed by atoms with E-state index < -0.39 is 0 Å². The maximum absolute atomic E-state index is 4.36. The number of H-pyrrole nitrogens is 1. The van der Waals surface area contributed by atoms with Crippen LogP contribution in [0.3, 0.4) is 0 Å². The summed E-state index contributed by atoms with van der Waals surface area (Å²) in [7, 11) is 0. The van der Waals surface area contributed by atoms with E-state index in [9.17, 15) is 0 Å². The molecular formula is C12H20N6. The molecule has 0 spiro atoms. The quantitative estimate of drug-likeness (QED) is 0.779. The topological polar surface area (TPSA) is 71.4 Å². The Hall–Kier alpha value is -1.69. The SMILES string of the molecule is CCCNC(c1cnn(CCC)c1)c1ncn[nH]1. The Morgan fingerprint density at radius 1 is 1.39 bits per heavy atom. The Morgan fingerprint density at radius 3 is 2.94 bits per heavy atom. The van der Waals surface area contributed by atoms with Crippen LogP contribution in [0.1, 0.15) is 44.1 Å². The van der Waals surface area contributed by atoms with Gasteiger partial charge in [0.15, 0.2) is 0 Å². The van der Waals surface area contributed by atoms with E-state index in [1.54, 1.807) is 0 Å². The summed E-state index contributed by atoms with van der Waals surface area (Å²) in [6, 6.07) is 0.0399. The van der Waals surface area contributed by atoms with E-state index in [1.807, 2.05) is 10.9 Å². The first kappa shape index (κ1) is 12.8. The molecule has 2 aromatic heterocycles. The fraction of sp³-hybridized carbons (Fsp3) is 0.583. The molecule has 6 heteroatoms. The van der Waals surface area contributed by atoms with Crippen LogP contribution in [0.15, 0.2) is 18.7 Å². The van der Waals surface area contributed by atoms with Crippen LogP contribution in [0.25, 0.3) is 0 Å². The van der Waals surface area contributed by atoms with E-state index >= 15 is 0 Å². The first-order valence-corrected chi connectivity index (χ1v) is 6.46. The van der Waals surface area contributed by atoms with Gasteiger partial charge in [-0.1, -0.05) is 13.8 Å². The van der Waals surface area contributed by atoms with Gasteiger partial charge in [-0.25, -0.2) is 4.98 Å². The molecule has 1 unspecified atom stereocenters. The molecule has 0 radical (unpaired) electrons. The normalized spacial score (nSPS) is 12.8. The molecule has 2 N–H and O–H groups in total. The molecule has 0 bridgehead atoms. The molecule has 2 heterocycles. The van der Waals surface area contributed by atoms with Crippen molar-refractivity contribution < 1.29 is 0 Å². The van der Waals surface area contributed by atoms with Crippen molar-refractivity contribution in [2.24, 2.45) is 0 Å². The summed E-state index contributed by atoms with van der Waals surface area (Å²) in [6.07, 6.45) is 7.65. The van der Waals surface area contributed by atoms with Crippen molar-refractivity contribution in [3.05, 3.63) is 30.1 Å². The van der Waals surface area contributed by atoms with Crippen molar-refractivity contribution in [2.45, 2.75) is 39.3 Å². The number of nitrogens with one attached hydrogen (secondary N) is 2. The summed E-state index contributed by atoms with van der Waals surface area (Å²) in [4.78, 5) is 4.23. The van der Waals surface area contributed by atoms with Crippen molar-refractivity contribution in [3.8, 4) is 0 Å². The van der Waals surface area contributed by atoms with Crippen LogP contribution in [0.4, 0.5) is 0 Å². The van der Waals surface area contributed by atoms with Crippen LogP contribution >= 0.6 is 0 Å². The van der Waals surface area contributed by atoms with Gasteiger partial charge in [0.2, 0.25) is 0 Å². The van der Waals surface area contributed by atoms with E-state index in [0.717, 1.165) is 37.3 Å². The minimum atomic E-state index is 0.0399. The lowest BCUT2D eigenvalue weighted by molar-refractivity contribution is 0.569. The highest BCUT2D eigenvalue weighted by Crippen LogP contribution is 2.17. The van der Waals surface area contributed by atoms with Crippen molar-refractivity contribution in [3.63, 3.8) is 0 Å². The van der Waals surface area contributed by atoms with Crippen molar-refractivity contribution in [1.29, 1.82) is 0 Å². The zero-order chi connectivity index (χ0) is 12.8. The Labute approximate surface area is 107 Å². The van der Waals surface area contributed by atoms with Gasteiger partial charge in [-0.15, -0.1) is 0 Å². The van der Waals surface area contributed by atoms with Crippen LogP contribution in [-0.2, 0) is 6.54 Å². The molecule has 0 aromatic carbocycles. The summed E-state index contributed by atoms with van der Waals surface area (Å²) >= 11 is 0. The van der Waals surface area contributed by atoms with Crippen LogP contribution in [0.5, 0.6) is 0 Å². The zero-order valence-corrected chi connectivity index (χ0v) is 10.9. The molecule has 18 heavy (non-hydrogen) atoms. The van der Waals surface area contributed by atoms with Gasteiger partial charge in [0, 0.05) is 18.3 Å². The molecule has 0 amide bonds. The number of hydrogen-bond donors (Lipinski definition) is 2. The van der Waals surface area contributed by atoms with E-state index in [-0.39, 0.29) is 6.04 Å². The number of nitrogens with zero attached hydrogens (tertiary/aromatic N) is 4. The average Bonchev–Trinajstić information content (AvgIpc) is 3.02. The third-order valence-corrected chi connectivity index (χ3v) is 2.74. The highest BCUT2D eigenvalue weighted by Gasteiger charge is 2.17. The number of aromatic amines is 1. The molecule has 0 aliphatic heterocycles. The van der Waals surface area contributed by atoms with E-state index in [0.29, 0.717) is 0 Å². The Morgan fingerprint density at radius 2 is 2.28 bits per heavy atom. The number of aromatic nitrogens is 5. The standard InChI is InChI=1S/C12H20N6/c1-3-5-13-11(12-14-9-15-17-12)10-7-16-18(8-10)6-4-2/h7-9,11,13H,3-6H2,1-2H3,(H,14,15,17). The second-order valence-corrected chi connectivity index (χ2v) is 4.29. The summed E-state index contributed by atoms with van der Waals surface area (Å²) in [5.74, 6) is 0.833. The molecule has 2 aromatic rings. The highest BCUT2D eigenvalue weighted by molar-refractivity contribution is 5.18.